The molecule has 0 fully saturated rings. The molecule has 7 heteroatoms. The SMILES string of the molecule is CCCNC(CCOCCC(F)(F)F)C(=O)O. The van der Waals surface area contributed by atoms with Gasteiger partial charge in [0, 0.05) is 6.61 Å². The molecule has 2 N–H and O–H groups in total. The van der Waals surface area contributed by atoms with Crippen LogP contribution in [0.2, 0.25) is 0 Å². The molecule has 17 heavy (non-hydrogen) atoms. The van der Waals surface area contributed by atoms with E-state index >= 15 is 0 Å². The number of aliphatic carboxylic acids is 1. The van der Waals surface area contributed by atoms with Gasteiger partial charge in [-0.1, -0.05) is 6.92 Å². The second-order valence-corrected chi connectivity index (χ2v) is 3.61. The monoisotopic (exact) mass is 257 g/mol. The lowest BCUT2D eigenvalue weighted by atomic mass is 10.2. The summed E-state index contributed by atoms with van der Waals surface area (Å²) in [5, 5.41) is 11.6. The van der Waals surface area contributed by atoms with Gasteiger partial charge in [0.25, 0.3) is 0 Å². The fourth-order valence-electron chi connectivity index (χ4n) is 1.12. The minimum absolute atomic E-state index is 0.00373. The van der Waals surface area contributed by atoms with Gasteiger partial charge in [0.2, 0.25) is 0 Å². The van der Waals surface area contributed by atoms with Crippen LogP contribution in [0.5, 0.6) is 0 Å². The van der Waals surface area contributed by atoms with Gasteiger partial charge in [-0.15, -0.1) is 0 Å². The van der Waals surface area contributed by atoms with Crippen molar-refractivity contribution in [3.05, 3.63) is 0 Å². The molecule has 0 aliphatic carbocycles. The summed E-state index contributed by atoms with van der Waals surface area (Å²) in [4.78, 5) is 10.7. The number of nitrogens with one attached hydrogen (secondary N) is 1. The van der Waals surface area contributed by atoms with Crippen LogP contribution in [0.3, 0.4) is 0 Å². The van der Waals surface area contributed by atoms with E-state index in [1.165, 1.54) is 0 Å². The van der Waals surface area contributed by atoms with Crippen LogP contribution in [0, 0.1) is 0 Å². The molecule has 0 saturated carbocycles. The maximum Gasteiger partial charge on any atom is 0.391 e. The molecule has 4 nitrogen and oxygen atoms in total. The number of ether oxygens (including phenoxy) is 1. The van der Waals surface area contributed by atoms with E-state index in [9.17, 15) is 18.0 Å². The lowest BCUT2D eigenvalue weighted by molar-refractivity contribution is -0.147. The van der Waals surface area contributed by atoms with Gasteiger partial charge < -0.3 is 15.2 Å². The molecule has 0 aliphatic heterocycles. The summed E-state index contributed by atoms with van der Waals surface area (Å²) in [5.74, 6) is -1.02. The van der Waals surface area contributed by atoms with Gasteiger partial charge >= 0.3 is 12.1 Å². The summed E-state index contributed by atoms with van der Waals surface area (Å²) >= 11 is 0. The lowest BCUT2D eigenvalue weighted by Crippen LogP contribution is -2.38. The second kappa shape index (κ2) is 8.30. The maximum absolute atomic E-state index is 11.7. The van der Waals surface area contributed by atoms with Crippen LogP contribution in [-0.4, -0.2) is 43.1 Å². The molecule has 0 heterocycles. The average molecular weight is 257 g/mol. The quantitative estimate of drug-likeness (QED) is 0.618. The highest BCUT2D eigenvalue weighted by molar-refractivity contribution is 5.73. The number of alkyl halides is 3. The Balaban J connectivity index is 3.65. The van der Waals surface area contributed by atoms with Crippen molar-refractivity contribution in [3.63, 3.8) is 0 Å². The zero-order valence-corrected chi connectivity index (χ0v) is 9.72. The molecular weight excluding hydrogens is 239 g/mol. The van der Waals surface area contributed by atoms with Crippen molar-refractivity contribution in [2.75, 3.05) is 19.8 Å². The summed E-state index contributed by atoms with van der Waals surface area (Å²) in [7, 11) is 0. The van der Waals surface area contributed by atoms with Crippen LogP contribution in [-0.2, 0) is 9.53 Å². The number of halogens is 3. The van der Waals surface area contributed by atoms with E-state index in [1.54, 1.807) is 0 Å². The number of rotatable bonds is 9. The first kappa shape index (κ1) is 16.2. The van der Waals surface area contributed by atoms with E-state index < -0.39 is 31.2 Å². The molecular formula is C10H18F3NO3. The van der Waals surface area contributed by atoms with Crippen molar-refractivity contribution in [1.82, 2.24) is 5.32 Å². The molecule has 0 radical (unpaired) electrons. The highest BCUT2D eigenvalue weighted by atomic mass is 19.4. The van der Waals surface area contributed by atoms with E-state index in [2.05, 4.69) is 5.32 Å². The Morgan fingerprint density at radius 1 is 1.41 bits per heavy atom. The molecule has 0 bridgehead atoms. The third kappa shape index (κ3) is 10.1. The number of carboxylic acid groups (broad SMARTS) is 1. The van der Waals surface area contributed by atoms with Crippen molar-refractivity contribution >= 4 is 5.97 Å². The standard InChI is InChI=1S/C10H18F3NO3/c1-2-5-14-8(9(15)16)3-6-17-7-4-10(11,12)13/h8,14H,2-7H2,1H3,(H,15,16). The third-order valence-corrected chi connectivity index (χ3v) is 2.02. The van der Waals surface area contributed by atoms with Crippen LogP contribution < -0.4 is 5.32 Å². The first-order valence-electron chi connectivity index (χ1n) is 5.47. The van der Waals surface area contributed by atoms with Gasteiger partial charge in [0.05, 0.1) is 13.0 Å². The van der Waals surface area contributed by atoms with Crippen LogP contribution in [0.4, 0.5) is 13.2 Å². The van der Waals surface area contributed by atoms with Crippen molar-refractivity contribution in [3.8, 4) is 0 Å². The summed E-state index contributed by atoms with van der Waals surface area (Å²) in [6.45, 7) is 2.03. The topological polar surface area (TPSA) is 58.6 Å². The molecule has 0 spiro atoms. The Morgan fingerprint density at radius 3 is 2.53 bits per heavy atom. The highest BCUT2D eigenvalue weighted by Gasteiger charge is 2.26. The average Bonchev–Trinajstić information content (AvgIpc) is 2.20. The van der Waals surface area contributed by atoms with Crippen LogP contribution >= 0.6 is 0 Å². The minimum atomic E-state index is -4.23. The Hall–Kier alpha value is -0.820. The fourth-order valence-corrected chi connectivity index (χ4v) is 1.12. The van der Waals surface area contributed by atoms with Gasteiger partial charge in [-0.25, -0.2) is 0 Å². The number of hydrogen-bond donors (Lipinski definition) is 2. The first-order valence-corrected chi connectivity index (χ1v) is 5.47. The van der Waals surface area contributed by atoms with Crippen LogP contribution in [0.25, 0.3) is 0 Å². The Bertz CT molecular complexity index is 221. The van der Waals surface area contributed by atoms with Crippen LogP contribution in [0.1, 0.15) is 26.2 Å². The predicted molar refractivity (Wildman–Crippen MR) is 55.8 cm³/mol. The Labute approximate surface area is 98.1 Å². The van der Waals surface area contributed by atoms with Crippen molar-refractivity contribution in [2.24, 2.45) is 0 Å². The highest BCUT2D eigenvalue weighted by Crippen LogP contribution is 2.18. The molecule has 0 rings (SSSR count). The zero-order valence-electron chi connectivity index (χ0n) is 9.72. The largest absolute Gasteiger partial charge is 0.480 e. The molecule has 0 saturated heterocycles. The Morgan fingerprint density at radius 2 is 2.06 bits per heavy atom. The molecule has 102 valence electrons. The van der Waals surface area contributed by atoms with Gasteiger partial charge in [0.15, 0.2) is 0 Å². The van der Waals surface area contributed by atoms with Crippen LogP contribution in [0.15, 0.2) is 0 Å². The van der Waals surface area contributed by atoms with E-state index in [1.807, 2.05) is 6.92 Å². The Kier molecular flexibility index (Phi) is 7.90. The smallest absolute Gasteiger partial charge is 0.391 e. The third-order valence-electron chi connectivity index (χ3n) is 2.02. The molecule has 0 amide bonds. The summed E-state index contributed by atoms with van der Waals surface area (Å²) in [5.41, 5.74) is 0. The fraction of sp³-hybridized carbons (Fsp3) is 0.900. The molecule has 0 aromatic heterocycles. The molecule has 0 aromatic carbocycles. The minimum Gasteiger partial charge on any atom is -0.480 e. The first-order chi connectivity index (χ1) is 7.87. The van der Waals surface area contributed by atoms with E-state index in [0.29, 0.717) is 6.54 Å². The van der Waals surface area contributed by atoms with Crippen molar-refractivity contribution in [1.29, 1.82) is 0 Å². The number of hydrogen-bond acceptors (Lipinski definition) is 3. The molecule has 0 aliphatic rings. The van der Waals surface area contributed by atoms with E-state index in [-0.39, 0.29) is 13.0 Å². The van der Waals surface area contributed by atoms with E-state index in [4.69, 9.17) is 9.84 Å². The lowest BCUT2D eigenvalue weighted by Gasteiger charge is -2.14. The summed E-state index contributed by atoms with van der Waals surface area (Å²) < 4.78 is 40.0. The number of carbonyl (C=O) groups is 1. The zero-order chi connectivity index (χ0) is 13.3. The summed E-state index contributed by atoms with van der Waals surface area (Å²) in [6.07, 6.45) is -4.29. The normalized spacial score (nSPS) is 13.6. The second-order valence-electron chi connectivity index (χ2n) is 3.61. The molecule has 1 unspecified atom stereocenters. The van der Waals surface area contributed by atoms with Gasteiger partial charge in [-0.2, -0.15) is 13.2 Å². The van der Waals surface area contributed by atoms with Crippen molar-refractivity contribution in [2.45, 2.75) is 38.4 Å². The van der Waals surface area contributed by atoms with Gasteiger partial charge in [0.1, 0.15) is 6.04 Å². The predicted octanol–water partition coefficient (Wildman–Crippen LogP) is 1.80. The van der Waals surface area contributed by atoms with Crippen molar-refractivity contribution < 1.29 is 27.8 Å². The number of carboxylic acids is 1. The van der Waals surface area contributed by atoms with Gasteiger partial charge in [-0.05, 0) is 19.4 Å². The van der Waals surface area contributed by atoms with E-state index in [0.717, 1.165) is 6.42 Å². The summed E-state index contributed by atoms with van der Waals surface area (Å²) in [6, 6.07) is -0.763. The van der Waals surface area contributed by atoms with Gasteiger partial charge in [-0.3, -0.25) is 4.79 Å². The maximum atomic E-state index is 11.7. The molecule has 1 atom stereocenters. The molecule has 0 aromatic rings.